The Morgan fingerprint density at radius 2 is 1.02 bits per heavy atom. The SMILES string of the molecule is CCC(C)c1ccc(CNc2ccc(C(c3ccc(N(CC)CC)cc3)c3ccc(N(CC)CC)cc3)c3ccccc23)cc1. The van der Waals surface area contributed by atoms with Crippen LogP contribution in [0.5, 0.6) is 0 Å². The second-order valence-electron chi connectivity index (χ2n) is 12.1. The van der Waals surface area contributed by atoms with Gasteiger partial charge in [0, 0.05) is 61.1 Å². The summed E-state index contributed by atoms with van der Waals surface area (Å²) in [6.07, 6.45) is 1.16. The van der Waals surface area contributed by atoms with Crippen molar-refractivity contribution in [2.45, 2.75) is 66.3 Å². The molecule has 0 heterocycles. The first kappa shape index (κ1) is 32.2. The van der Waals surface area contributed by atoms with Crippen molar-refractivity contribution in [3.63, 3.8) is 0 Å². The third kappa shape index (κ3) is 7.20. The van der Waals surface area contributed by atoms with Gasteiger partial charge in [0.05, 0.1) is 0 Å². The van der Waals surface area contributed by atoms with Gasteiger partial charge in [-0.1, -0.05) is 92.7 Å². The summed E-state index contributed by atoms with van der Waals surface area (Å²) < 4.78 is 0. The summed E-state index contributed by atoms with van der Waals surface area (Å²) in [5, 5.41) is 6.32. The molecule has 0 aromatic heterocycles. The maximum absolute atomic E-state index is 3.77. The van der Waals surface area contributed by atoms with E-state index in [1.54, 1.807) is 0 Å². The maximum Gasteiger partial charge on any atom is 0.0422 e. The second kappa shape index (κ2) is 15.2. The van der Waals surface area contributed by atoms with E-state index < -0.39 is 0 Å². The van der Waals surface area contributed by atoms with Gasteiger partial charge in [0.2, 0.25) is 0 Å². The number of hydrogen-bond acceptors (Lipinski definition) is 3. The number of nitrogens with one attached hydrogen (secondary N) is 1. The number of fused-ring (bicyclic) bond motifs is 1. The Balaban J connectivity index is 1.53. The van der Waals surface area contributed by atoms with Gasteiger partial charge in [-0.15, -0.1) is 0 Å². The average molecular weight is 598 g/mol. The molecule has 45 heavy (non-hydrogen) atoms. The fourth-order valence-corrected chi connectivity index (χ4v) is 6.61. The van der Waals surface area contributed by atoms with Crippen molar-refractivity contribution in [3.05, 3.63) is 137 Å². The van der Waals surface area contributed by atoms with Crippen LogP contribution in [0.1, 0.15) is 87.6 Å². The monoisotopic (exact) mass is 597 g/mol. The highest BCUT2D eigenvalue weighted by atomic mass is 15.1. The molecule has 0 aliphatic carbocycles. The quantitative estimate of drug-likeness (QED) is 0.128. The number of benzene rings is 5. The van der Waals surface area contributed by atoms with Gasteiger partial charge in [-0.2, -0.15) is 0 Å². The standard InChI is InChI=1S/C42H51N3/c1-7-31(6)33-18-16-32(17-19-33)30-43-41-29-28-40(38-14-12-13-15-39(38)41)42(34-20-24-36(25-21-34)44(8-2)9-3)35-22-26-37(27-23-35)45(10-4)11-5/h12-29,31,42-43H,7-11,30H2,1-6H3. The minimum absolute atomic E-state index is 0.119. The van der Waals surface area contributed by atoms with Gasteiger partial charge < -0.3 is 15.1 Å². The minimum Gasteiger partial charge on any atom is -0.380 e. The van der Waals surface area contributed by atoms with Crippen molar-refractivity contribution in [2.75, 3.05) is 41.3 Å². The molecule has 5 rings (SSSR count). The number of anilines is 3. The predicted molar refractivity (Wildman–Crippen MR) is 197 cm³/mol. The lowest BCUT2D eigenvalue weighted by Crippen LogP contribution is -2.22. The number of nitrogens with zero attached hydrogens (tertiary/aromatic N) is 2. The molecule has 0 radical (unpaired) electrons. The van der Waals surface area contributed by atoms with E-state index in [2.05, 4.69) is 166 Å². The van der Waals surface area contributed by atoms with Gasteiger partial charge >= 0.3 is 0 Å². The summed E-state index contributed by atoms with van der Waals surface area (Å²) in [7, 11) is 0. The molecule has 0 fully saturated rings. The van der Waals surface area contributed by atoms with Crippen LogP contribution in [0.25, 0.3) is 10.8 Å². The zero-order chi connectivity index (χ0) is 31.8. The lowest BCUT2D eigenvalue weighted by atomic mass is 9.82. The van der Waals surface area contributed by atoms with E-state index in [0.717, 1.165) is 39.1 Å². The Labute approximate surface area is 271 Å². The molecule has 0 aliphatic heterocycles. The number of rotatable bonds is 14. The van der Waals surface area contributed by atoms with Crippen LogP contribution < -0.4 is 15.1 Å². The normalized spacial score (nSPS) is 12.0. The molecule has 3 nitrogen and oxygen atoms in total. The Kier molecular flexibility index (Phi) is 10.8. The molecule has 5 aromatic rings. The van der Waals surface area contributed by atoms with E-state index >= 15 is 0 Å². The molecule has 234 valence electrons. The molecule has 3 heteroatoms. The van der Waals surface area contributed by atoms with Gasteiger partial charge in [0.1, 0.15) is 0 Å². The van der Waals surface area contributed by atoms with Crippen LogP contribution in [-0.4, -0.2) is 26.2 Å². The lowest BCUT2D eigenvalue weighted by Gasteiger charge is -2.26. The lowest BCUT2D eigenvalue weighted by molar-refractivity contribution is 0.733. The first-order valence-corrected chi connectivity index (χ1v) is 17.0. The van der Waals surface area contributed by atoms with E-state index in [4.69, 9.17) is 0 Å². The Morgan fingerprint density at radius 1 is 0.533 bits per heavy atom. The Morgan fingerprint density at radius 3 is 1.51 bits per heavy atom. The third-order valence-corrected chi connectivity index (χ3v) is 9.62. The number of hydrogen-bond donors (Lipinski definition) is 1. The predicted octanol–water partition coefficient (Wildman–Crippen LogP) is 10.8. The molecule has 5 aromatic carbocycles. The van der Waals surface area contributed by atoms with E-state index in [9.17, 15) is 0 Å². The summed E-state index contributed by atoms with van der Waals surface area (Å²) in [6, 6.07) is 41.1. The van der Waals surface area contributed by atoms with Gasteiger partial charge in [0.15, 0.2) is 0 Å². The van der Waals surface area contributed by atoms with Crippen molar-refractivity contribution in [1.82, 2.24) is 0 Å². The van der Waals surface area contributed by atoms with Crippen LogP contribution in [0.4, 0.5) is 17.1 Å². The average Bonchev–Trinajstić information content (AvgIpc) is 3.10. The van der Waals surface area contributed by atoms with Crippen LogP contribution in [0, 0.1) is 0 Å². The van der Waals surface area contributed by atoms with Gasteiger partial charge in [-0.3, -0.25) is 0 Å². The fraction of sp³-hybridized carbons (Fsp3) is 0.333. The summed E-state index contributed by atoms with van der Waals surface area (Å²) in [5.41, 5.74) is 10.4. The van der Waals surface area contributed by atoms with E-state index in [1.807, 2.05) is 0 Å². The molecule has 1 unspecified atom stereocenters. The minimum atomic E-state index is 0.119. The smallest absolute Gasteiger partial charge is 0.0422 e. The molecule has 0 saturated carbocycles. The topological polar surface area (TPSA) is 18.5 Å². The molecule has 1 atom stereocenters. The molecule has 0 saturated heterocycles. The van der Waals surface area contributed by atoms with E-state index in [0.29, 0.717) is 5.92 Å². The zero-order valence-corrected chi connectivity index (χ0v) is 28.2. The first-order chi connectivity index (χ1) is 22.0. The molecule has 0 amide bonds. The largest absolute Gasteiger partial charge is 0.380 e. The third-order valence-electron chi connectivity index (χ3n) is 9.62. The summed E-state index contributed by atoms with van der Waals surface area (Å²) in [6.45, 7) is 18.3. The zero-order valence-electron chi connectivity index (χ0n) is 28.2. The van der Waals surface area contributed by atoms with Gasteiger partial charge in [0.25, 0.3) is 0 Å². The molecule has 0 aliphatic rings. The van der Waals surface area contributed by atoms with Crippen LogP contribution in [0.2, 0.25) is 0 Å². The molecule has 0 spiro atoms. The van der Waals surface area contributed by atoms with E-state index in [-0.39, 0.29) is 5.92 Å². The van der Waals surface area contributed by atoms with Gasteiger partial charge in [-0.05, 0) is 104 Å². The summed E-state index contributed by atoms with van der Waals surface area (Å²) in [4.78, 5) is 4.82. The van der Waals surface area contributed by atoms with Gasteiger partial charge in [-0.25, -0.2) is 0 Å². The molecular formula is C42H51N3. The summed E-state index contributed by atoms with van der Waals surface area (Å²) in [5.74, 6) is 0.715. The molecular weight excluding hydrogens is 546 g/mol. The van der Waals surface area contributed by atoms with Crippen molar-refractivity contribution in [3.8, 4) is 0 Å². The highest BCUT2D eigenvalue weighted by molar-refractivity contribution is 5.97. The molecule has 1 N–H and O–H groups in total. The maximum atomic E-state index is 3.77. The van der Waals surface area contributed by atoms with Crippen molar-refractivity contribution in [2.24, 2.45) is 0 Å². The van der Waals surface area contributed by atoms with Crippen molar-refractivity contribution < 1.29 is 0 Å². The van der Waals surface area contributed by atoms with Crippen LogP contribution in [-0.2, 0) is 6.54 Å². The Hall–Kier alpha value is -4.24. The van der Waals surface area contributed by atoms with E-state index in [1.165, 1.54) is 55.7 Å². The van der Waals surface area contributed by atoms with Crippen molar-refractivity contribution in [1.29, 1.82) is 0 Å². The van der Waals surface area contributed by atoms with Crippen LogP contribution in [0.3, 0.4) is 0 Å². The first-order valence-electron chi connectivity index (χ1n) is 17.0. The highest BCUT2D eigenvalue weighted by Gasteiger charge is 2.21. The van der Waals surface area contributed by atoms with Crippen LogP contribution in [0.15, 0.2) is 109 Å². The molecule has 0 bridgehead atoms. The summed E-state index contributed by atoms with van der Waals surface area (Å²) >= 11 is 0. The second-order valence-corrected chi connectivity index (χ2v) is 12.1. The fourth-order valence-electron chi connectivity index (χ4n) is 6.61. The van der Waals surface area contributed by atoms with Crippen molar-refractivity contribution >= 4 is 27.8 Å². The Bertz CT molecular complexity index is 1570. The highest BCUT2D eigenvalue weighted by Crippen LogP contribution is 2.39. The van der Waals surface area contributed by atoms with Crippen LogP contribution >= 0.6 is 0 Å².